The largest absolute Gasteiger partial charge is 0.433 e. The normalized spacial score (nSPS) is 33.3. The quantitative estimate of drug-likeness (QED) is 0.782. The number of amides is 1. The van der Waals surface area contributed by atoms with Crippen LogP contribution in [0.4, 0.5) is 23.4 Å². The molecule has 1 aromatic heterocycles. The molecule has 0 aromatic carbocycles. The minimum atomic E-state index is -4.47. The molecule has 2 saturated heterocycles. The first-order chi connectivity index (χ1) is 12.8. The van der Waals surface area contributed by atoms with Crippen molar-refractivity contribution in [3.63, 3.8) is 0 Å². The van der Waals surface area contributed by atoms with Gasteiger partial charge >= 0.3 is 6.18 Å². The van der Waals surface area contributed by atoms with Crippen LogP contribution in [0.1, 0.15) is 25.0 Å². The Balaban J connectivity index is 1.40. The van der Waals surface area contributed by atoms with Crippen molar-refractivity contribution in [2.45, 2.75) is 43.7 Å². The fourth-order valence-electron chi connectivity index (χ4n) is 4.56. The minimum Gasteiger partial charge on any atom is -0.356 e. The molecule has 27 heavy (non-hydrogen) atoms. The van der Waals surface area contributed by atoms with Gasteiger partial charge in [0.25, 0.3) is 0 Å². The van der Waals surface area contributed by atoms with E-state index in [1.807, 2.05) is 4.90 Å². The number of rotatable bonds is 3. The lowest BCUT2D eigenvalue weighted by atomic mass is 9.97. The van der Waals surface area contributed by atoms with Gasteiger partial charge in [0, 0.05) is 38.0 Å². The van der Waals surface area contributed by atoms with Crippen LogP contribution in [0, 0.1) is 11.8 Å². The van der Waals surface area contributed by atoms with Crippen LogP contribution in [0.3, 0.4) is 0 Å². The summed E-state index contributed by atoms with van der Waals surface area (Å²) in [5.41, 5.74) is -0.894. The van der Waals surface area contributed by atoms with Crippen molar-refractivity contribution in [3.05, 3.63) is 23.9 Å². The Labute approximate surface area is 154 Å². The molecule has 1 amide bonds. The lowest BCUT2D eigenvalue weighted by Gasteiger charge is -2.24. The highest BCUT2D eigenvalue weighted by Gasteiger charge is 2.44. The van der Waals surface area contributed by atoms with E-state index < -0.39 is 24.1 Å². The second-order valence-corrected chi connectivity index (χ2v) is 7.69. The van der Waals surface area contributed by atoms with Gasteiger partial charge in [-0.25, -0.2) is 9.37 Å². The number of hydrogen-bond acceptors (Lipinski definition) is 4. The molecule has 4 rings (SSSR count). The molecule has 9 heteroatoms. The molecule has 3 heterocycles. The van der Waals surface area contributed by atoms with E-state index in [1.54, 1.807) is 6.07 Å². The predicted octanol–water partition coefficient (Wildman–Crippen LogP) is 2.13. The summed E-state index contributed by atoms with van der Waals surface area (Å²) < 4.78 is 52.0. The number of aromatic nitrogens is 1. The van der Waals surface area contributed by atoms with Gasteiger partial charge in [-0.3, -0.25) is 4.79 Å². The molecule has 0 unspecified atom stereocenters. The monoisotopic (exact) mass is 386 g/mol. The Morgan fingerprint density at radius 3 is 2.78 bits per heavy atom. The summed E-state index contributed by atoms with van der Waals surface area (Å²) in [5, 5.41) is 5.91. The van der Waals surface area contributed by atoms with Gasteiger partial charge in [-0.15, -0.1) is 0 Å². The Morgan fingerprint density at radius 2 is 2.07 bits per heavy atom. The number of hydrogen-bond donors (Lipinski definition) is 2. The Bertz CT molecular complexity index is 713. The third-order valence-corrected chi connectivity index (χ3v) is 5.93. The summed E-state index contributed by atoms with van der Waals surface area (Å²) in [4.78, 5) is 18.0. The van der Waals surface area contributed by atoms with Crippen molar-refractivity contribution in [2.24, 2.45) is 11.8 Å². The first kappa shape index (κ1) is 18.5. The minimum absolute atomic E-state index is 0.0289. The molecule has 3 fully saturated rings. The standard InChI is InChI=1S/C18H22F4N4O/c19-11-6-14(23-7-11)17(27)24-13-5-4-10-8-26(9-12(10)13)16-3-1-2-15(25-16)18(20,21)22/h1-3,10-14,23H,4-9H2,(H,24,27)/t10-,11-,12+,13+,14+/m1/s1. The molecule has 3 aliphatic rings. The Hall–Kier alpha value is -1.90. The van der Waals surface area contributed by atoms with Crippen molar-refractivity contribution in [1.29, 1.82) is 0 Å². The van der Waals surface area contributed by atoms with E-state index in [0.29, 0.717) is 24.8 Å². The third-order valence-electron chi connectivity index (χ3n) is 5.93. The van der Waals surface area contributed by atoms with Crippen LogP contribution in [0.2, 0.25) is 0 Å². The number of nitrogens with zero attached hydrogens (tertiary/aromatic N) is 2. The van der Waals surface area contributed by atoms with Crippen molar-refractivity contribution < 1.29 is 22.4 Å². The van der Waals surface area contributed by atoms with Crippen LogP contribution in [0.15, 0.2) is 18.2 Å². The van der Waals surface area contributed by atoms with Crippen molar-refractivity contribution in [1.82, 2.24) is 15.6 Å². The molecule has 5 nitrogen and oxygen atoms in total. The number of carbonyl (C=O) groups excluding carboxylic acids is 1. The fraction of sp³-hybridized carbons (Fsp3) is 0.667. The van der Waals surface area contributed by atoms with Crippen LogP contribution in [0.5, 0.6) is 0 Å². The molecule has 0 spiro atoms. The number of alkyl halides is 4. The van der Waals surface area contributed by atoms with Crippen LogP contribution in [-0.2, 0) is 11.0 Å². The van der Waals surface area contributed by atoms with E-state index in [0.717, 1.165) is 18.9 Å². The Kier molecular flexibility index (Phi) is 4.73. The van der Waals surface area contributed by atoms with E-state index in [9.17, 15) is 22.4 Å². The van der Waals surface area contributed by atoms with Crippen molar-refractivity contribution in [3.8, 4) is 0 Å². The summed E-state index contributed by atoms with van der Waals surface area (Å²) in [6, 6.07) is 3.40. The van der Waals surface area contributed by atoms with Crippen LogP contribution < -0.4 is 15.5 Å². The van der Waals surface area contributed by atoms with E-state index in [-0.39, 0.29) is 30.8 Å². The van der Waals surface area contributed by atoms with Gasteiger partial charge in [-0.1, -0.05) is 6.07 Å². The second-order valence-electron chi connectivity index (χ2n) is 7.69. The van der Waals surface area contributed by atoms with Crippen molar-refractivity contribution in [2.75, 3.05) is 24.5 Å². The number of anilines is 1. The van der Waals surface area contributed by atoms with Gasteiger partial charge in [-0.2, -0.15) is 13.2 Å². The maximum absolute atomic E-state index is 13.3. The SMILES string of the molecule is O=C(N[C@H]1CC[C@@H]2CN(c3cccc(C(F)(F)F)n3)C[C@@H]21)[C@@H]1C[C@@H](F)CN1. The molecule has 148 valence electrons. The van der Waals surface area contributed by atoms with Crippen molar-refractivity contribution >= 4 is 11.7 Å². The highest BCUT2D eigenvalue weighted by molar-refractivity contribution is 5.82. The van der Waals surface area contributed by atoms with Gasteiger partial charge in [-0.05, 0) is 30.9 Å². The number of pyridine rings is 1. The second kappa shape index (κ2) is 6.92. The summed E-state index contributed by atoms with van der Waals surface area (Å²) in [6.07, 6.45) is -3.52. The predicted molar refractivity (Wildman–Crippen MR) is 90.9 cm³/mol. The van der Waals surface area contributed by atoms with Gasteiger partial charge in [0.05, 0.1) is 6.04 Å². The van der Waals surface area contributed by atoms with E-state index in [2.05, 4.69) is 15.6 Å². The van der Waals surface area contributed by atoms with Gasteiger partial charge in [0.1, 0.15) is 17.7 Å². The summed E-state index contributed by atoms with van der Waals surface area (Å²) in [6.45, 7) is 1.40. The summed E-state index contributed by atoms with van der Waals surface area (Å²) >= 11 is 0. The molecular formula is C18H22F4N4O. The smallest absolute Gasteiger partial charge is 0.356 e. The number of halogens is 4. The van der Waals surface area contributed by atoms with Gasteiger partial charge < -0.3 is 15.5 Å². The highest BCUT2D eigenvalue weighted by atomic mass is 19.4. The summed E-state index contributed by atoms with van der Waals surface area (Å²) in [5.74, 6) is 0.628. The first-order valence-corrected chi connectivity index (χ1v) is 9.28. The molecule has 2 N–H and O–H groups in total. The fourth-order valence-corrected chi connectivity index (χ4v) is 4.56. The molecular weight excluding hydrogens is 364 g/mol. The maximum atomic E-state index is 13.3. The number of nitrogens with one attached hydrogen (secondary N) is 2. The maximum Gasteiger partial charge on any atom is 0.433 e. The molecule has 0 bridgehead atoms. The van der Waals surface area contributed by atoms with Gasteiger partial charge in [0.15, 0.2) is 0 Å². The van der Waals surface area contributed by atoms with Crippen LogP contribution in [-0.4, -0.2) is 48.8 Å². The van der Waals surface area contributed by atoms with Crippen LogP contribution >= 0.6 is 0 Å². The molecule has 1 saturated carbocycles. The zero-order valence-corrected chi connectivity index (χ0v) is 14.7. The highest BCUT2D eigenvalue weighted by Crippen LogP contribution is 2.40. The summed E-state index contributed by atoms with van der Waals surface area (Å²) in [7, 11) is 0. The van der Waals surface area contributed by atoms with E-state index in [4.69, 9.17) is 0 Å². The lowest BCUT2D eigenvalue weighted by molar-refractivity contribution is -0.141. The Morgan fingerprint density at radius 1 is 1.26 bits per heavy atom. The molecule has 5 atom stereocenters. The number of carbonyl (C=O) groups is 1. The molecule has 1 aliphatic carbocycles. The lowest BCUT2D eigenvalue weighted by Crippen LogP contribution is -2.47. The average Bonchev–Trinajstić information content (AvgIpc) is 3.31. The zero-order valence-electron chi connectivity index (χ0n) is 14.7. The topological polar surface area (TPSA) is 57.3 Å². The molecule has 2 aliphatic heterocycles. The van der Waals surface area contributed by atoms with E-state index >= 15 is 0 Å². The molecule has 1 aromatic rings. The van der Waals surface area contributed by atoms with Gasteiger partial charge in [0.2, 0.25) is 5.91 Å². The molecule has 0 radical (unpaired) electrons. The zero-order chi connectivity index (χ0) is 19.2. The number of fused-ring (bicyclic) bond motifs is 1. The third kappa shape index (κ3) is 3.74. The van der Waals surface area contributed by atoms with Crippen LogP contribution in [0.25, 0.3) is 0 Å². The average molecular weight is 386 g/mol. The van der Waals surface area contributed by atoms with E-state index in [1.165, 1.54) is 6.07 Å². The first-order valence-electron chi connectivity index (χ1n) is 9.28.